The van der Waals surface area contributed by atoms with Crippen LogP contribution in [-0.4, -0.2) is 52.3 Å². The lowest BCUT2D eigenvalue weighted by atomic mass is 10.1. The average Bonchev–Trinajstić information content (AvgIpc) is 3.13. The first kappa shape index (κ1) is 23.7. The van der Waals surface area contributed by atoms with Gasteiger partial charge < -0.3 is 19.1 Å². The third-order valence-corrected chi connectivity index (χ3v) is 6.49. The summed E-state index contributed by atoms with van der Waals surface area (Å²) < 4.78 is 7.77. The minimum atomic E-state index is -0.514. The summed E-state index contributed by atoms with van der Waals surface area (Å²) in [4.78, 5) is 21.6. The van der Waals surface area contributed by atoms with E-state index in [2.05, 4.69) is 15.5 Å². The highest BCUT2D eigenvalue weighted by Crippen LogP contribution is 2.29. The third-order valence-electron chi connectivity index (χ3n) is 5.88. The minimum absolute atomic E-state index is 0.122. The van der Waals surface area contributed by atoms with E-state index in [4.69, 9.17) is 32.9 Å². The van der Waals surface area contributed by atoms with Gasteiger partial charge in [-0.3, -0.25) is 0 Å². The van der Waals surface area contributed by atoms with Gasteiger partial charge in [0.15, 0.2) is 0 Å². The van der Waals surface area contributed by atoms with Crippen LogP contribution in [0.3, 0.4) is 0 Å². The summed E-state index contributed by atoms with van der Waals surface area (Å²) in [7, 11) is 2.04. The Balaban J connectivity index is 1.64. The standard InChI is InChI=1S/C25H30Cl2N4O2/c1-25(2,3)33-24(32)30-13-7-8-19(16-30)29(4)23-28-21-9-5-6-10-22(21)31(23)15-17-14-18(26)11-12-20(17)27/h5-6,9-12,14,19H,7-8,13,15-16H2,1-4H3. The Kier molecular flexibility index (Phi) is 6.78. The number of hydrogen-bond acceptors (Lipinski definition) is 4. The highest BCUT2D eigenvalue weighted by molar-refractivity contribution is 6.33. The van der Waals surface area contributed by atoms with Gasteiger partial charge in [-0.25, -0.2) is 9.78 Å². The lowest BCUT2D eigenvalue weighted by molar-refractivity contribution is 0.0199. The second-order valence-corrected chi connectivity index (χ2v) is 10.4. The molecule has 3 aromatic rings. The van der Waals surface area contributed by atoms with Crippen molar-refractivity contribution < 1.29 is 9.53 Å². The molecule has 1 amide bonds. The van der Waals surface area contributed by atoms with Gasteiger partial charge in [-0.1, -0.05) is 35.3 Å². The van der Waals surface area contributed by atoms with Crippen LogP contribution >= 0.6 is 23.2 Å². The van der Waals surface area contributed by atoms with Gasteiger partial charge in [0.05, 0.1) is 17.6 Å². The highest BCUT2D eigenvalue weighted by Gasteiger charge is 2.31. The average molecular weight is 489 g/mol. The van der Waals surface area contributed by atoms with E-state index in [0.29, 0.717) is 29.7 Å². The quantitative estimate of drug-likeness (QED) is 0.436. The van der Waals surface area contributed by atoms with Crippen molar-refractivity contribution in [2.75, 3.05) is 25.0 Å². The van der Waals surface area contributed by atoms with E-state index < -0.39 is 5.60 Å². The number of para-hydroxylation sites is 2. The summed E-state index contributed by atoms with van der Waals surface area (Å²) in [5.74, 6) is 0.836. The summed E-state index contributed by atoms with van der Waals surface area (Å²) >= 11 is 12.7. The summed E-state index contributed by atoms with van der Waals surface area (Å²) in [6.07, 6.45) is 1.62. The Bertz CT molecular complexity index is 1160. The second-order valence-electron chi connectivity index (χ2n) is 9.56. The molecule has 0 N–H and O–H groups in total. The molecule has 1 fully saturated rings. The zero-order valence-corrected chi connectivity index (χ0v) is 21.0. The molecule has 33 heavy (non-hydrogen) atoms. The Morgan fingerprint density at radius 3 is 2.73 bits per heavy atom. The molecule has 0 radical (unpaired) electrons. The Hall–Kier alpha value is -2.44. The number of aromatic nitrogens is 2. The topological polar surface area (TPSA) is 50.6 Å². The Morgan fingerprint density at radius 1 is 1.21 bits per heavy atom. The van der Waals surface area contributed by atoms with Gasteiger partial charge in [-0.05, 0) is 69.5 Å². The number of likely N-dealkylation sites (N-methyl/N-ethyl adjacent to an activating group) is 1. The fraction of sp³-hybridized carbons (Fsp3) is 0.440. The predicted octanol–water partition coefficient (Wildman–Crippen LogP) is 6.23. The number of carbonyl (C=O) groups excluding carboxylic acids is 1. The molecule has 0 spiro atoms. The third kappa shape index (κ3) is 5.39. The first-order valence-electron chi connectivity index (χ1n) is 11.2. The normalized spacial score (nSPS) is 16.8. The number of likely N-dealkylation sites (tertiary alicyclic amines) is 1. The van der Waals surface area contributed by atoms with Crippen molar-refractivity contribution in [3.63, 3.8) is 0 Å². The molecule has 1 unspecified atom stereocenters. The highest BCUT2D eigenvalue weighted by atomic mass is 35.5. The zero-order chi connectivity index (χ0) is 23.8. The number of amides is 1. The first-order chi connectivity index (χ1) is 15.6. The number of imidazole rings is 1. The van der Waals surface area contributed by atoms with Gasteiger partial charge in [0.2, 0.25) is 5.95 Å². The number of fused-ring (bicyclic) bond motifs is 1. The molecule has 1 aliphatic rings. The van der Waals surface area contributed by atoms with Crippen molar-refractivity contribution in [3.05, 3.63) is 58.1 Å². The number of rotatable bonds is 4. The molecule has 1 aromatic heterocycles. The van der Waals surface area contributed by atoms with Gasteiger partial charge in [0.1, 0.15) is 5.60 Å². The summed E-state index contributed by atoms with van der Waals surface area (Å²) in [6.45, 7) is 7.51. The molecule has 176 valence electrons. The van der Waals surface area contributed by atoms with E-state index in [-0.39, 0.29) is 12.1 Å². The number of hydrogen-bond donors (Lipinski definition) is 0. The van der Waals surface area contributed by atoms with Crippen LogP contribution < -0.4 is 4.90 Å². The van der Waals surface area contributed by atoms with Crippen molar-refractivity contribution >= 4 is 46.3 Å². The van der Waals surface area contributed by atoms with Crippen LogP contribution in [0.2, 0.25) is 10.0 Å². The molecule has 4 rings (SSSR count). The molecule has 0 aliphatic carbocycles. The number of ether oxygens (including phenoxy) is 1. The molecule has 0 bridgehead atoms. The van der Waals surface area contributed by atoms with Crippen molar-refractivity contribution in [1.29, 1.82) is 0 Å². The van der Waals surface area contributed by atoms with Gasteiger partial charge in [-0.2, -0.15) is 0 Å². The second kappa shape index (κ2) is 9.43. The van der Waals surface area contributed by atoms with Gasteiger partial charge in [0, 0.05) is 36.2 Å². The fourth-order valence-electron chi connectivity index (χ4n) is 4.25. The molecule has 2 heterocycles. The Labute approximate surface area is 205 Å². The van der Waals surface area contributed by atoms with E-state index in [9.17, 15) is 4.79 Å². The van der Waals surface area contributed by atoms with Gasteiger partial charge >= 0.3 is 6.09 Å². The van der Waals surface area contributed by atoms with E-state index in [1.807, 2.05) is 58.2 Å². The van der Waals surface area contributed by atoms with Gasteiger partial charge in [0.25, 0.3) is 0 Å². The van der Waals surface area contributed by atoms with Crippen molar-refractivity contribution in [2.24, 2.45) is 0 Å². The van der Waals surface area contributed by atoms with E-state index >= 15 is 0 Å². The number of nitrogens with zero attached hydrogens (tertiary/aromatic N) is 4. The molecule has 6 nitrogen and oxygen atoms in total. The Morgan fingerprint density at radius 2 is 1.97 bits per heavy atom. The molecule has 2 aromatic carbocycles. The van der Waals surface area contributed by atoms with Crippen molar-refractivity contribution in [3.8, 4) is 0 Å². The monoisotopic (exact) mass is 488 g/mol. The number of piperidine rings is 1. The van der Waals surface area contributed by atoms with Crippen molar-refractivity contribution in [2.45, 2.75) is 51.8 Å². The summed E-state index contributed by atoms with van der Waals surface area (Å²) in [5, 5.41) is 1.31. The molecule has 1 saturated heterocycles. The van der Waals surface area contributed by atoms with Crippen LogP contribution in [0.25, 0.3) is 11.0 Å². The molecule has 8 heteroatoms. The van der Waals surface area contributed by atoms with Crippen LogP contribution in [0.15, 0.2) is 42.5 Å². The molecular formula is C25H30Cl2N4O2. The molecular weight excluding hydrogens is 459 g/mol. The maximum absolute atomic E-state index is 12.7. The summed E-state index contributed by atoms with van der Waals surface area (Å²) in [6, 6.07) is 13.7. The first-order valence-corrected chi connectivity index (χ1v) is 12.0. The molecule has 1 atom stereocenters. The smallest absolute Gasteiger partial charge is 0.410 e. The van der Waals surface area contributed by atoms with E-state index in [0.717, 1.165) is 35.4 Å². The maximum Gasteiger partial charge on any atom is 0.410 e. The number of benzene rings is 2. The number of carbonyl (C=O) groups is 1. The van der Waals surface area contributed by atoms with Crippen LogP contribution in [0.1, 0.15) is 39.2 Å². The lowest BCUT2D eigenvalue weighted by Gasteiger charge is -2.38. The van der Waals surface area contributed by atoms with Crippen LogP contribution in [0.4, 0.5) is 10.7 Å². The predicted molar refractivity (Wildman–Crippen MR) is 135 cm³/mol. The minimum Gasteiger partial charge on any atom is -0.444 e. The largest absolute Gasteiger partial charge is 0.444 e. The SMILES string of the molecule is CN(c1nc2ccccc2n1Cc1cc(Cl)ccc1Cl)C1CCCN(C(=O)OC(C)(C)C)C1. The lowest BCUT2D eigenvalue weighted by Crippen LogP contribution is -2.50. The zero-order valence-electron chi connectivity index (χ0n) is 19.5. The van der Waals surface area contributed by atoms with Crippen LogP contribution in [0.5, 0.6) is 0 Å². The van der Waals surface area contributed by atoms with Gasteiger partial charge in [-0.15, -0.1) is 0 Å². The number of anilines is 1. The summed E-state index contributed by atoms with van der Waals surface area (Å²) in [5.41, 5.74) is 2.36. The van der Waals surface area contributed by atoms with Crippen LogP contribution in [-0.2, 0) is 11.3 Å². The maximum atomic E-state index is 12.7. The van der Waals surface area contributed by atoms with Crippen molar-refractivity contribution in [1.82, 2.24) is 14.5 Å². The fourth-order valence-corrected chi connectivity index (χ4v) is 4.62. The van der Waals surface area contributed by atoms with E-state index in [1.165, 1.54) is 0 Å². The molecule has 1 aliphatic heterocycles. The molecule has 0 saturated carbocycles. The number of halogens is 2. The van der Waals surface area contributed by atoms with Crippen LogP contribution in [0, 0.1) is 0 Å². The van der Waals surface area contributed by atoms with E-state index in [1.54, 1.807) is 11.0 Å².